The van der Waals surface area contributed by atoms with Gasteiger partial charge in [-0.3, -0.25) is 0 Å². The molecule has 0 bridgehead atoms. The van der Waals surface area contributed by atoms with Gasteiger partial charge >= 0.3 is 0 Å². The highest BCUT2D eigenvalue weighted by Crippen LogP contribution is 2.47. The van der Waals surface area contributed by atoms with E-state index in [1.165, 1.54) is 11.1 Å². The number of hydrogen-bond acceptors (Lipinski definition) is 1. The summed E-state index contributed by atoms with van der Waals surface area (Å²) in [6.45, 7) is 2.08. The molecule has 1 unspecified atom stereocenters. The molecule has 0 aromatic heterocycles. The lowest BCUT2D eigenvalue weighted by molar-refractivity contribution is 0.900. The normalized spacial score (nSPS) is 16.8. The van der Waals surface area contributed by atoms with Gasteiger partial charge in [0.1, 0.15) is 0 Å². The Morgan fingerprint density at radius 3 is 2.71 bits per heavy atom. The summed E-state index contributed by atoms with van der Waals surface area (Å²) < 4.78 is 0. The number of aryl methyl sites for hydroxylation is 1. The summed E-state index contributed by atoms with van der Waals surface area (Å²) in [7, 11) is 0. The van der Waals surface area contributed by atoms with E-state index in [0.29, 0.717) is 10.0 Å². The van der Waals surface area contributed by atoms with Crippen molar-refractivity contribution in [1.29, 1.82) is 0 Å². The maximum absolute atomic E-state index is 6.25. The topological polar surface area (TPSA) is 26.0 Å². The van der Waals surface area contributed by atoms with Crippen molar-refractivity contribution in [3.63, 3.8) is 0 Å². The lowest BCUT2D eigenvalue weighted by Gasteiger charge is -2.08. The van der Waals surface area contributed by atoms with Gasteiger partial charge in [-0.25, -0.2) is 0 Å². The molecule has 3 heteroatoms. The standard InChI is InChI=1S/C14H11Cl2N/c1-7-3-2-4-9-12(7)10-5-8(15)6-11(16)13(10)14(9)17/h2-6,14H,17H2,1H3. The molecule has 0 amide bonds. The first-order valence-electron chi connectivity index (χ1n) is 5.44. The van der Waals surface area contributed by atoms with Crippen molar-refractivity contribution in [2.45, 2.75) is 13.0 Å². The quantitative estimate of drug-likeness (QED) is 0.753. The average molecular weight is 264 g/mol. The molecule has 86 valence electrons. The van der Waals surface area contributed by atoms with Crippen LogP contribution in [0.5, 0.6) is 0 Å². The highest BCUT2D eigenvalue weighted by Gasteiger charge is 2.29. The Morgan fingerprint density at radius 1 is 1.18 bits per heavy atom. The van der Waals surface area contributed by atoms with Gasteiger partial charge in [-0.1, -0.05) is 41.4 Å². The Bertz CT molecular complexity index is 620. The van der Waals surface area contributed by atoms with E-state index in [2.05, 4.69) is 19.1 Å². The zero-order valence-electron chi connectivity index (χ0n) is 9.30. The Kier molecular flexibility index (Phi) is 2.44. The van der Waals surface area contributed by atoms with Gasteiger partial charge < -0.3 is 5.73 Å². The van der Waals surface area contributed by atoms with Crippen LogP contribution in [0.1, 0.15) is 22.7 Å². The molecule has 0 radical (unpaired) electrons. The maximum atomic E-state index is 6.25. The Balaban J connectivity index is 2.41. The van der Waals surface area contributed by atoms with Crippen molar-refractivity contribution < 1.29 is 0 Å². The molecule has 1 aliphatic rings. The highest BCUT2D eigenvalue weighted by molar-refractivity contribution is 6.36. The summed E-state index contributed by atoms with van der Waals surface area (Å²) in [4.78, 5) is 0. The predicted molar refractivity (Wildman–Crippen MR) is 72.7 cm³/mol. The third-order valence-corrected chi connectivity index (χ3v) is 3.85. The molecule has 1 aliphatic carbocycles. The molecule has 0 heterocycles. The zero-order chi connectivity index (χ0) is 12.2. The van der Waals surface area contributed by atoms with Crippen LogP contribution >= 0.6 is 23.2 Å². The Morgan fingerprint density at radius 2 is 1.94 bits per heavy atom. The molecule has 3 rings (SSSR count). The number of fused-ring (bicyclic) bond motifs is 3. The minimum absolute atomic E-state index is 0.148. The van der Waals surface area contributed by atoms with Gasteiger partial charge in [0.05, 0.1) is 6.04 Å². The lowest BCUT2D eigenvalue weighted by atomic mass is 10.0. The van der Waals surface area contributed by atoms with E-state index in [1.54, 1.807) is 6.07 Å². The summed E-state index contributed by atoms with van der Waals surface area (Å²) >= 11 is 12.3. The third kappa shape index (κ3) is 1.50. The van der Waals surface area contributed by atoms with Gasteiger partial charge in [-0.15, -0.1) is 0 Å². The van der Waals surface area contributed by atoms with Crippen molar-refractivity contribution in [2.24, 2.45) is 5.73 Å². The molecule has 2 aromatic rings. The molecule has 0 saturated heterocycles. The van der Waals surface area contributed by atoms with Crippen LogP contribution < -0.4 is 5.73 Å². The molecule has 2 aromatic carbocycles. The molecule has 0 aliphatic heterocycles. The van der Waals surface area contributed by atoms with E-state index < -0.39 is 0 Å². The number of rotatable bonds is 0. The van der Waals surface area contributed by atoms with Crippen LogP contribution in [-0.2, 0) is 0 Å². The Labute approximate surface area is 110 Å². The van der Waals surface area contributed by atoms with Gasteiger partial charge in [0.25, 0.3) is 0 Å². The minimum Gasteiger partial charge on any atom is -0.320 e. The smallest absolute Gasteiger partial charge is 0.0578 e. The summed E-state index contributed by atoms with van der Waals surface area (Å²) in [6, 6.07) is 9.71. The van der Waals surface area contributed by atoms with E-state index in [1.807, 2.05) is 12.1 Å². The number of hydrogen-bond donors (Lipinski definition) is 1. The van der Waals surface area contributed by atoms with E-state index in [9.17, 15) is 0 Å². The molecular weight excluding hydrogens is 253 g/mol. The van der Waals surface area contributed by atoms with Crippen molar-refractivity contribution in [2.75, 3.05) is 0 Å². The monoisotopic (exact) mass is 263 g/mol. The van der Waals surface area contributed by atoms with E-state index in [0.717, 1.165) is 16.7 Å². The van der Waals surface area contributed by atoms with Crippen LogP contribution in [0.3, 0.4) is 0 Å². The molecule has 17 heavy (non-hydrogen) atoms. The van der Waals surface area contributed by atoms with Gasteiger partial charge in [-0.2, -0.15) is 0 Å². The minimum atomic E-state index is -0.148. The molecule has 0 fully saturated rings. The van der Waals surface area contributed by atoms with Gasteiger partial charge in [0, 0.05) is 10.0 Å². The largest absolute Gasteiger partial charge is 0.320 e. The van der Waals surface area contributed by atoms with Crippen LogP contribution in [0.4, 0.5) is 0 Å². The number of halogens is 2. The van der Waals surface area contributed by atoms with Crippen molar-refractivity contribution in [3.05, 3.63) is 57.1 Å². The molecular formula is C14H11Cl2N. The summed E-state index contributed by atoms with van der Waals surface area (Å²) in [6.07, 6.45) is 0. The number of nitrogens with two attached hydrogens (primary N) is 1. The van der Waals surface area contributed by atoms with Crippen LogP contribution in [0.2, 0.25) is 10.0 Å². The second-order valence-electron chi connectivity index (χ2n) is 4.37. The fourth-order valence-corrected chi connectivity index (χ4v) is 3.19. The van der Waals surface area contributed by atoms with Crippen molar-refractivity contribution in [1.82, 2.24) is 0 Å². The molecule has 1 atom stereocenters. The summed E-state index contributed by atoms with van der Waals surface area (Å²) in [5.41, 5.74) is 11.8. The van der Waals surface area contributed by atoms with Gasteiger partial charge in [0.2, 0.25) is 0 Å². The van der Waals surface area contributed by atoms with Gasteiger partial charge in [-0.05, 0) is 46.9 Å². The molecule has 1 nitrogen and oxygen atoms in total. The zero-order valence-corrected chi connectivity index (χ0v) is 10.8. The van der Waals surface area contributed by atoms with Crippen molar-refractivity contribution in [3.8, 4) is 11.1 Å². The summed E-state index contributed by atoms with van der Waals surface area (Å²) in [5, 5.41) is 1.30. The summed E-state index contributed by atoms with van der Waals surface area (Å²) in [5.74, 6) is 0. The second kappa shape index (κ2) is 3.74. The first kappa shape index (κ1) is 11.1. The van der Waals surface area contributed by atoms with Crippen LogP contribution in [0.15, 0.2) is 30.3 Å². The molecule has 2 N–H and O–H groups in total. The fraction of sp³-hybridized carbons (Fsp3) is 0.143. The average Bonchev–Trinajstić information content (AvgIpc) is 2.54. The second-order valence-corrected chi connectivity index (χ2v) is 5.21. The fourth-order valence-electron chi connectivity index (χ4n) is 2.58. The van der Waals surface area contributed by atoms with Crippen molar-refractivity contribution >= 4 is 23.2 Å². The molecule has 0 saturated carbocycles. The first-order valence-corrected chi connectivity index (χ1v) is 6.19. The Hall–Kier alpha value is -1.02. The van der Waals surface area contributed by atoms with E-state index in [-0.39, 0.29) is 6.04 Å². The van der Waals surface area contributed by atoms with Crippen LogP contribution in [0, 0.1) is 6.92 Å². The lowest BCUT2D eigenvalue weighted by Crippen LogP contribution is -2.08. The maximum Gasteiger partial charge on any atom is 0.0578 e. The molecule has 0 spiro atoms. The first-order chi connectivity index (χ1) is 8.09. The van der Waals surface area contributed by atoms with E-state index >= 15 is 0 Å². The van der Waals surface area contributed by atoms with Crippen LogP contribution in [-0.4, -0.2) is 0 Å². The van der Waals surface area contributed by atoms with E-state index in [4.69, 9.17) is 28.9 Å². The predicted octanol–water partition coefficient (Wildman–Crippen LogP) is 4.33. The SMILES string of the molecule is Cc1cccc2c1-c1cc(Cl)cc(Cl)c1C2N. The van der Waals surface area contributed by atoms with Gasteiger partial charge in [0.15, 0.2) is 0 Å². The number of benzene rings is 2. The highest BCUT2D eigenvalue weighted by atomic mass is 35.5. The third-order valence-electron chi connectivity index (χ3n) is 3.31. The van der Waals surface area contributed by atoms with Crippen LogP contribution in [0.25, 0.3) is 11.1 Å².